The van der Waals surface area contributed by atoms with Gasteiger partial charge in [-0.05, 0) is 11.6 Å². The number of aromatic nitrogens is 3. The number of hydrogen-bond acceptors (Lipinski definition) is 2. The molecule has 0 radical (unpaired) electrons. The van der Waals surface area contributed by atoms with E-state index in [0.717, 1.165) is 17.7 Å². The highest BCUT2D eigenvalue weighted by atomic mass is 28.3. The maximum atomic E-state index is 4.31. The first-order chi connectivity index (χ1) is 8.53. The van der Waals surface area contributed by atoms with Crippen LogP contribution in [0.25, 0.3) is 0 Å². The lowest BCUT2D eigenvalue weighted by Gasteiger charge is -2.02. The maximum Gasteiger partial charge on any atom is 0.129 e. The van der Waals surface area contributed by atoms with Gasteiger partial charge in [-0.1, -0.05) is 31.6 Å². The quantitative estimate of drug-likeness (QED) is 0.610. The molecular formula is C14H17N3Si. The van der Waals surface area contributed by atoms with Gasteiger partial charge in [-0.15, -0.1) is 5.54 Å². The molecule has 4 heteroatoms. The summed E-state index contributed by atoms with van der Waals surface area (Å²) >= 11 is 0. The zero-order valence-corrected chi connectivity index (χ0v) is 12.0. The molecule has 0 saturated carbocycles. The van der Waals surface area contributed by atoms with Gasteiger partial charge in [0, 0.05) is 18.6 Å². The van der Waals surface area contributed by atoms with Crippen LogP contribution in [0.3, 0.4) is 0 Å². The third-order valence-corrected chi connectivity index (χ3v) is 3.16. The second-order valence-electron chi connectivity index (χ2n) is 5.29. The molecule has 3 nitrogen and oxygen atoms in total. The van der Waals surface area contributed by atoms with Crippen molar-refractivity contribution >= 4 is 8.07 Å². The summed E-state index contributed by atoms with van der Waals surface area (Å²) in [6.07, 6.45) is 7.44. The Bertz CT molecular complexity index is 570. The number of rotatable bonds is 2. The van der Waals surface area contributed by atoms with Crippen molar-refractivity contribution < 1.29 is 0 Å². The summed E-state index contributed by atoms with van der Waals surface area (Å²) in [5.74, 6) is 3.20. The third kappa shape index (κ3) is 3.86. The number of pyridine rings is 1. The molecule has 0 spiro atoms. The largest absolute Gasteiger partial charge is 0.267 e. The molecule has 0 aromatic carbocycles. The molecule has 0 bridgehead atoms. The minimum Gasteiger partial charge on any atom is -0.267 e. The lowest BCUT2D eigenvalue weighted by molar-refractivity contribution is 0.685. The van der Waals surface area contributed by atoms with Crippen LogP contribution in [0.15, 0.2) is 36.9 Å². The van der Waals surface area contributed by atoms with E-state index >= 15 is 0 Å². The van der Waals surface area contributed by atoms with Gasteiger partial charge in [0.1, 0.15) is 8.07 Å². The Morgan fingerprint density at radius 1 is 1.28 bits per heavy atom. The summed E-state index contributed by atoms with van der Waals surface area (Å²) in [6.45, 7) is 7.45. The van der Waals surface area contributed by atoms with Gasteiger partial charge in [-0.3, -0.25) is 9.67 Å². The van der Waals surface area contributed by atoms with Crippen LogP contribution in [0, 0.1) is 11.5 Å². The first kappa shape index (κ1) is 12.6. The van der Waals surface area contributed by atoms with Gasteiger partial charge in [-0.25, -0.2) is 0 Å². The van der Waals surface area contributed by atoms with E-state index in [4.69, 9.17) is 0 Å². The number of hydrogen-bond donors (Lipinski definition) is 0. The van der Waals surface area contributed by atoms with Crippen LogP contribution < -0.4 is 0 Å². The van der Waals surface area contributed by atoms with E-state index in [1.807, 2.05) is 35.4 Å². The Labute approximate surface area is 109 Å². The van der Waals surface area contributed by atoms with Crippen molar-refractivity contribution in [1.82, 2.24) is 14.8 Å². The fourth-order valence-corrected chi connectivity index (χ4v) is 1.97. The molecule has 2 heterocycles. The topological polar surface area (TPSA) is 30.7 Å². The lowest BCUT2D eigenvalue weighted by atomic mass is 10.3. The monoisotopic (exact) mass is 255 g/mol. The van der Waals surface area contributed by atoms with Crippen LogP contribution in [0.2, 0.25) is 19.6 Å². The fraction of sp³-hybridized carbons (Fsp3) is 0.286. The highest BCUT2D eigenvalue weighted by molar-refractivity contribution is 6.83. The molecule has 0 aliphatic rings. The van der Waals surface area contributed by atoms with Crippen molar-refractivity contribution in [2.45, 2.75) is 26.2 Å². The standard InChI is InChI=1S/C14H17N3Si/c1-18(2,3)8-6-14-10-16-17(12-14)11-13-5-4-7-15-9-13/h4-5,7,9-10,12H,11H2,1-3H3. The SMILES string of the molecule is C[Si](C)(C)C#Cc1cnn(Cc2cccnc2)c1. The molecule has 0 aliphatic carbocycles. The second kappa shape index (κ2) is 5.19. The molecule has 0 aliphatic heterocycles. The van der Waals surface area contributed by atoms with Gasteiger partial charge in [-0.2, -0.15) is 5.10 Å². The van der Waals surface area contributed by atoms with Crippen LogP contribution in [0.5, 0.6) is 0 Å². The molecule has 92 valence electrons. The summed E-state index contributed by atoms with van der Waals surface area (Å²) in [4.78, 5) is 4.09. The molecule has 0 atom stereocenters. The van der Waals surface area contributed by atoms with E-state index in [2.05, 4.69) is 41.2 Å². The van der Waals surface area contributed by atoms with Crippen molar-refractivity contribution in [3.8, 4) is 11.5 Å². The Morgan fingerprint density at radius 3 is 2.78 bits per heavy atom. The summed E-state index contributed by atoms with van der Waals surface area (Å²) in [5.41, 5.74) is 5.47. The van der Waals surface area contributed by atoms with Crippen LogP contribution in [-0.4, -0.2) is 22.8 Å². The molecule has 0 N–H and O–H groups in total. The van der Waals surface area contributed by atoms with Gasteiger partial charge < -0.3 is 0 Å². The van der Waals surface area contributed by atoms with Crippen molar-refractivity contribution in [3.63, 3.8) is 0 Å². The Kier molecular flexibility index (Phi) is 3.63. The highest BCUT2D eigenvalue weighted by Crippen LogP contribution is 2.03. The van der Waals surface area contributed by atoms with Gasteiger partial charge in [0.15, 0.2) is 0 Å². The first-order valence-electron chi connectivity index (χ1n) is 5.97. The summed E-state index contributed by atoms with van der Waals surface area (Å²) in [6, 6.07) is 3.98. The van der Waals surface area contributed by atoms with Gasteiger partial charge in [0.2, 0.25) is 0 Å². The molecule has 2 rings (SSSR count). The predicted octanol–water partition coefficient (Wildman–Crippen LogP) is 2.56. The van der Waals surface area contributed by atoms with Gasteiger partial charge in [0.25, 0.3) is 0 Å². The van der Waals surface area contributed by atoms with Crippen LogP contribution >= 0.6 is 0 Å². The van der Waals surface area contributed by atoms with Crippen LogP contribution in [-0.2, 0) is 6.54 Å². The van der Waals surface area contributed by atoms with Crippen LogP contribution in [0.1, 0.15) is 11.1 Å². The molecule has 2 aromatic rings. The molecule has 18 heavy (non-hydrogen) atoms. The van der Waals surface area contributed by atoms with Crippen molar-refractivity contribution in [2.75, 3.05) is 0 Å². The molecule has 0 saturated heterocycles. The van der Waals surface area contributed by atoms with E-state index in [9.17, 15) is 0 Å². The molecule has 2 aromatic heterocycles. The van der Waals surface area contributed by atoms with Crippen LogP contribution in [0.4, 0.5) is 0 Å². The van der Waals surface area contributed by atoms with Crippen molar-refractivity contribution in [3.05, 3.63) is 48.0 Å². The number of nitrogens with zero attached hydrogens (tertiary/aromatic N) is 3. The maximum absolute atomic E-state index is 4.31. The second-order valence-corrected chi connectivity index (χ2v) is 10.0. The smallest absolute Gasteiger partial charge is 0.129 e. The lowest BCUT2D eigenvalue weighted by Crippen LogP contribution is -2.16. The van der Waals surface area contributed by atoms with E-state index in [-0.39, 0.29) is 0 Å². The zero-order chi connectivity index (χ0) is 13.0. The summed E-state index contributed by atoms with van der Waals surface area (Å²) in [7, 11) is -1.31. The fourth-order valence-electron chi connectivity index (χ4n) is 1.45. The molecule has 0 unspecified atom stereocenters. The summed E-state index contributed by atoms with van der Waals surface area (Å²) < 4.78 is 1.89. The normalized spacial score (nSPS) is 10.8. The average molecular weight is 255 g/mol. The minimum atomic E-state index is -1.31. The Balaban J connectivity index is 2.09. The highest BCUT2D eigenvalue weighted by Gasteiger charge is 2.07. The summed E-state index contributed by atoms with van der Waals surface area (Å²) in [5, 5.41) is 4.31. The van der Waals surface area contributed by atoms with Gasteiger partial charge in [0.05, 0.1) is 18.3 Å². The van der Waals surface area contributed by atoms with Gasteiger partial charge >= 0.3 is 0 Å². The molecule has 0 amide bonds. The molecule has 0 fully saturated rings. The van der Waals surface area contributed by atoms with Crippen molar-refractivity contribution in [2.24, 2.45) is 0 Å². The van der Waals surface area contributed by atoms with Crippen molar-refractivity contribution in [1.29, 1.82) is 0 Å². The molecular weight excluding hydrogens is 238 g/mol. The Morgan fingerprint density at radius 2 is 2.11 bits per heavy atom. The minimum absolute atomic E-state index is 0.739. The third-order valence-electron chi connectivity index (χ3n) is 2.28. The first-order valence-corrected chi connectivity index (χ1v) is 9.47. The predicted molar refractivity (Wildman–Crippen MR) is 75.8 cm³/mol. The average Bonchev–Trinajstić information content (AvgIpc) is 2.75. The zero-order valence-electron chi connectivity index (χ0n) is 11.0. The van der Waals surface area contributed by atoms with E-state index in [1.54, 1.807) is 6.20 Å². The van der Waals surface area contributed by atoms with E-state index in [0.29, 0.717) is 0 Å². The van der Waals surface area contributed by atoms with E-state index < -0.39 is 8.07 Å². The van der Waals surface area contributed by atoms with E-state index in [1.165, 1.54) is 0 Å². The Hall–Kier alpha value is -1.86.